The second-order valence-corrected chi connectivity index (χ2v) is 4.85. The third-order valence-electron chi connectivity index (χ3n) is 2.15. The van der Waals surface area contributed by atoms with Gasteiger partial charge in [-0.15, -0.1) is 0 Å². The standard InChI is InChI=1S/C10H8ClFIN3/c11-7-2-1-6(3-8(7)12)5-16-10(14)9(13)4-15-16/h1-4H,5,14H2. The fraction of sp³-hybridized carbons (Fsp3) is 0.100. The number of benzene rings is 1. The third-order valence-corrected chi connectivity index (χ3v) is 3.29. The van der Waals surface area contributed by atoms with Gasteiger partial charge in [-0.05, 0) is 40.3 Å². The van der Waals surface area contributed by atoms with E-state index < -0.39 is 5.82 Å². The molecular formula is C10H8ClFIN3. The minimum atomic E-state index is -0.431. The zero-order chi connectivity index (χ0) is 11.7. The van der Waals surface area contributed by atoms with Crippen molar-refractivity contribution in [2.24, 2.45) is 0 Å². The first-order valence-electron chi connectivity index (χ1n) is 4.48. The summed E-state index contributed by atoms with van der Waals surface area (Å²) >= 11 is 7.69. The van der Waals surface area contributed by atoms with Crippen LogP contribution >= 0.6 is 34.2 Å². The number of hydrogen-bond donors (Lipinski definition) is 1. The maximum atomic E-state index is 13.2. The van der Waals surface area contributed by atoms with Gasteiger partial charge in [0.25, 0.3) is 0 Å². The lowest BCUT2D eigenvalue weighted by atomic mass is 10.2. The highest BCUT2D eigenvalue weighted by molar-refractivity contribution is 14.1. The van der Waals surface area contributed by atoms with Crippen LogP contribution in [0.3, 0.4) is 0 Å². The highest BCUT2D eigenvalue weighted by atomic mass is 127. The van der Waals surface area contributed by atoms with Gasteiger partial charge in [-0.1, -0.05) is 17.7 Å². The summed E-state index contributed by atoms with van der Waals surface area (Å²) in [6, 6.07) is 4.66. The van der Waals surface area contributed by atoms with Gasteiger partial charge in [0.05, 0.1) is 21.3 Å². The first kappa shape index (κ1) is 11.7. The SMILES string of the molecule is Nc1c(I)cnn1Cc1ccc(Cl)c(F)c1. The molecule has 0 spiro atoms. The molecule has 1 aromatic carbocycles. The Kier molecular flexibility index (Phi) is 3.34. The zero-order valence-electron chi connectivity index (χ0n) is 8.12. The summed E-state index contributed by atoms with van der Waals surface area (Å²) < 4.78 is 15.7. The van der Waals surface area contributed by atoms with Crippen molar-refractivity contribution in [1.29, 1.82) is 0 Å². The van der Waals surface area contributed by atoms with E-state index in [2.05, 4.69) is 27.7 Å². The molecule has 2 N–H and O–H groups in total. The summed E-state index contributed by atoms with van der Waals surface area (Å²) in [7, 11) is 0. The van der Waals surface area contributed by atoms with Gasteiger partial charge in [-0.2, -0.15) is 5.10 Å². The first-order chi connectivity index (χ1) is 7.58. The lowest BCUT2D eigenvalue weighted by Crippen LogP contribution is -2.06. The number of anilines is 1. The molecule has 84 valence electrons. The van der Waals surface area contributed by atoms with Gasteiger partial charge in [0, 0.05) is 0 Å². The maximum Gasteiger partial charge on any atom is 0.142 e. The molecular weight excluding hydrogens is 343 g/mol. The summed E-state index contributed by atoms with van der Waals surface area (Å²) in [5, 5.41) is 4.21. The molecule has 0 aliphatic heterocycles. The fourth-order valence-electron chi connectivity index (χ4n) is 1.31. The lowest BCUT2D eigenvalue weighted by Gasteiger charge is -2.05. The Labute approximate surface area is 111 Å². The summed E-state index contributed by atoms with van der Waals surface area (Å²) in [5.41, 5.74) is 6.56. The summed E-state index contributed by atoms with van der Waals surface area (Å²) in [6.45, 7) is 0.433. The van der Waals surface area contributed by atoms with Crippen LogP contribution in [0.5, 0.6) is 0 Å². The molecule has 0 aliphatic carbocycles. The summed E-state index contributed by atoms with van der Waals surface area (Å²) in [5.74, 6) is 0.149. The topological polar surface area (TPSA) is 43.8 Å². The van der Waals surface area contributed by atoms with Crippen LogP contribution in [0.25, 0.3) is 0 Å². The molecule has 0 fully saturated rings. The molecule has 0 saturated carbocycles. The van der Waals surface area contributed by atoms with Crippen molar-refractivity contribution in [2.75, 3.05) is 5.73 Å². The van der Waals surface area contributed by atoms with E-state index in [1.807, 2.05) is 0 Å². The predicted octanol–water partition coefficient (Wildman–Crippen LogP) is 2.91. The maximum absolute atomic E-state index is 13.2. The highest BCUT2D eigenvalue weighted by Crippen LogP contribution is 2.18. The van der Waals surface area contributed by atoms with Gasteiger partial charge in [-0.25, -0.2) is 9.07 Å². The van der Waals surface area contributed by atoms with Crippen molar-refractivity contribution in [3.8, 4) is 0 Å². The van der Waals surface area contributed by atoms with Crippen LogP contribution < -0.4 is 5.73 Å². The molecule has 1 heterocycles. The number of nitrogen functional groups attached to an aromatic ring is 1. The minimum Gasteiger partial charge on any atom is -0.383 e. The van der Waals surface area contributed by atoms with Crippen molar-refractivity contribution in [2.45, 2.75) is 6.54 Å². The molecule has 3 nitrogen and oxygen atoms in total. The molecule has 0 radical (unpaired) electrons. The van der Waals surface area contributed by atoms with E-state index >= 15 is 0 Å². The number of aromatic nitrogens is 2. The lowest BCUT2D eigenvalue weighted by molar-refractivity contribution is 0.620. The Balaban J connectivity index is 2.27. The average Bonchev–Trinajstić information content (AvgIpc) is 2.55. The van der Waals surface area contributed by atoms with Crippen LogP contribution in [0.2, 0.25) is 5.02 Å². The molecule has 2 rings (SSSR count). The molecule has 16 heavy (non-hydrogen) atoms. The Morgan fingerprint density at radius 3 is 2.81 bits per heavy atom. The molecule has 1 aromatic heterocycles. The molecule has 0 aliphatic rings. The van der Waals surface area contributed by atoms with E-state index in [1.165, 1.54) is 12.1 Å². The van der Waals surface area contributed by atoms with E-state index in [0.717, 1.165) is 9.13 Å². The average molecular weight is 352 g/mol. The quantitative estimate of drug-likeness (QED) is 0.846. The van der Waals surface area contributed by atoms with Gasteiger partial charge in [0.15, 0.2) is 0 Å². The van der Waals surface area contributed by atoms with Crippen LogP contribution in [0.4, 0.5) is 10.2 Å². The van der Waals surface area contributed by atoms with E-state index in [-0.39, 0.29) is 5.02 Å². The van der Waals surface area contributed by atoms with Crippen LogP contribution in [-0.2, 0) is 6.54 Å². The Bertz CT molecular complexity index is 527. The van der Waals surface area contributed by atoms with Gasteiger partial charge in [-0.3, -0.25) is 0 Å². The Hall–Kier alpha value is -0.820. The van der Waals surface area contributed by atoms with Crippen molar-refractivity contribution < 1.29 is 4.39 Å². The highest BCUT2D eigenvalue weighted by Gasteiger charge is 2.06. The van der Waals surface area contributed by atoms with Crippen LogP contribution in [-0.4, -0.2) is 9.78 Å². The van der Waals surface area contributed by atoms with E-state index in [0.29, 0.717) is 12.4 Å². The second-order valence-electron chi connectivity index (χ2n) is 3.28. The van der Waals surface area contributed by atoms with E-state index in [1.54, 1.807) is 16.9 Å². The molecule has 0 amide bonds. The van der Waals surface area contributed by atoms with Crippen molar-refractivity contribution >= 4 is 40.0 Å². The summed E-state index contributed by atoms with van der Waals surface area (Å²) in [4.78, 5) is 0. The zero-order valence-corrected chi connectivity index (χ0v) is 11.0. The van der Waals surface area contributed by atoms with E-state index in [9.17, 15) is 4.39 Å². The first-order valence-corrected chi connectivity index (χ1v) is 5.94. The van der Waals surface area contributed by atoms with Crippen molar-refractivity contribution in [3.63, 3.8) is 0 Å². The minimum absolute atomic E-state index is 0.117. The largest absolute Gasteiger partial charge is 0.383 e. The van der Waals surface area contributed by atoms with Crippen molar-refractivity contribution in [3.05, 3.63) is 44.4 Å². The number of nitrogens with two attached hydrogens (primary N) is 1. The fourth-order valence-corrected chi connectivity index (χ4v) is 1.83. The van der Waals surface area contributed by atoms with Gasteiger partial charge in [0.1, 0.15) is 11.6 Å². The number of rotatable bonds is 2. The number of halogens is 3. The predicted molar refractivity (Wildman–Crippen MR) is 69.9 cm³/mol. The molecule has 0 saturated heterocycles. The van der Waals surface area contributed by atoms with Gasteiger partial charge < -0.3 is 5.73 Å². The molecule has 6 heteroatoms. The van der Waals surface area contributed by atoms with Gasteiger partial charge >= 0.3 is 0 Å². The van der Waals surface area contributed by atoms with Crippen molar-refractivity contribution in [1.82, 2.24) is 9.78 Å². The van der Waals surface area contributed by atoms with Crippen LogP contribution in [0, 0.1) is 9.39 Å². The third kappa shape index (κ3) is 2.30. The molecule has 0 unspecified atom stereocenters. The number of hydrogen-bond acceptors (Lipinski definition) is 2. The molecule has 0 atom stereocenters. The number of nitrogens with zero attached hydrogens (tertiary/aromatic N) is 2. The second kappa shape index (κ2) is 4.58. The van der Waals surface area contributed by atoms with Crippen LogP contribution in [0.15, 0.2) is 24.4 Å². The van der Waals surface area contributed by atoms with Crippen LogP contribution in [0.1, 0.15) is 5.56 Å². The Morgan fingerprint density at radius 2 is 2.25 bits per heavy atom. The normalized spacial score (nSPS) is 10.7. The smallest absolute Gasteiger partial charge is 0.142 e. The summed E-state index contributed by atoms with van der Waals surface area (Å²) in [6.07, 6.45) is 1.67. The Morgan fingerprint density at radius 1 is 1.50 bits per heavy atom. The molecule has 2 aromatic rings. The molecule has 0 bridgehead atoms. The monoisotopic (exact) mass is 351 g/mol. The van der Waals surface area contributed by atoms with Gasteiger partial charge in [0.2, 0.25) is 0 Å². The van der Waals surface area contributed by atoms with E-state index in [4.69, 9.17) is 17.3 Å².